The Morgan fingerprint density at radius 3 is 2.30 bits per heavy atom. The highest BCUT2D eigenvalue weighted by Crippen LogP contribution is 2.31. The lowest BCUT2D eigenvalue weighted by atomic mass is 10.1. The number of carbonyl (C=O) groups excluding carboxylic acids is 2. The van der Waals surface area contributed by atoms with Gasteiger partial charge in [-0.3, -0.25) is 9.10 Å². The van der Waals surface area contributed by atoms with Crippen LogP contribution in [-0.2, 0) is 26.0 Å². The maximum Gasteiger partial charge on any atom is 0.338 e. The molecule has 0 N–H and O–H groups in total. The standard InChI is InChI=1S/C25H24N2O5S/c1-18-16-20-8-6-7-11-23(20)27(18)24(28)17-32-25(29)19-12-14-22(15-13-19)33(30,31)26(2)21-9-4-3-5-10-21/h3-15,18H,16-17H2,1-2H3/t18-/m1/s1. The second-order valence-corrected chi connectivity index (χ2v) is 9.82. The minimum Gasteiger partial charge on any atom is -0.452 e. The number of esters is 1. The number of carbonyl (C=O) groups is 2. The van der Waals surface area contributed by atoms with Crippen molar-refractivity contribution in [1.82, 2.24) is 0 Å². The van der Waals surface area contributed by atoms with Crippen LogP contribution in [0.15, 0.2) is 83.8 Å². The Labute approximate surface area is 193 Å². The maximum absolute atomic E-state index is 12.9. The molecule has 1 atom stereocenters. The number of anilines is 2. The quantitative estimate of drug-likeness (QED) is 0.520. The van der Waals surface area contributed by atoms with E-state index in [1.54, 1.807) is 35.2 Å². The van der Waals surface area contributed by atoms with Crippen molar-refractivity contribution in [2.24, 2.45) is 0 Å². The van der Waals surface area contributed by atoms with Gasteiger partial charge in [-0.25, -0.2) is 13.2 Å². The van der Waals surface area contributed by atoms with Crippen molar-refractivity contribution in [3.63, 3.8) is 0 Å². The Bertz CT molecular complexity index is 1270. The van der Waals surface area contributed by atoms with Gasteiger partial charge in [-0.2, -0.15) is 0 Å². The van der Waals surface area contributed by atoms with Crippen molar-refractivity contribution in [2.45, 2.75) is 24.3 Å². The van der Waals surface area contributed by atoms with Crippen LogP contribution in [0, 0.1) is 0 Å². The van der Waals surface area contributed by atoms with Crippen LogP contribution in [0.4, 0.5) is 11.4 Å². The molecule has 0 fully saturated rings. The number of hydrogen-bond donors (Lipinski definition) is 0. The molecule has 0 aliphatic carbocycles. The van der Waals surface area contributed by atoms with Crippen LogP contribution in [0.2, 0.25) is 0 Å². The number of sulfonamides is 1. The van der Waals surface area contributed by atoms with E-state index < -0.39 is 22.6 Å². The lowest BCUT2D eigenvalue weighted by Gasteiger charge is -2.22. The Hall–Kier alpha value is -3.65. The van der Waals surface area contributed by atoms with Gasteiger partial charge in [0.1, 0.15) is 0 Å². The zero-order valence-corrected chi connectivity index (χ0v) is 19.2. The average Bonchev–Trinajstić information content (AvgIpc) is 3.18. The molecule has 3 aromatic carbocycles. The summed E-state index contributed by atoms with van der Waals surface area (Å²) in [6.45, 7) is 1.56. The summed E-state index contributed by atoms with van der Waals surface area (Å²) in [4.78, 5) is 26.9. The molecule has 0 saturated heterocycles. The topological polar surface area (TPSA) is 84.0 Å². The number of para-hydroxylation sites is 2. The van der Waals surface area contributed by atoms with Crippen LogP contribution >= 0.6 is 0 Å². The Morgan fingerprint density at radius 2 is 1.61 bits per heavy atom. The molecule has 0 saturated carbocycles. The monoisotopic (exact) mass is 464 g/mol. The predicted molar refractivity (Wildman–Crippen MR) is 126 cm³/mol. The zero-order valence-electron chi connectivity index (χ0n) is 18.3. The van der Waals surface area contributed by atoms with E-state index in [4.69, 9.17) is 4.74 Å². The molecule has 3 aromatic rings. The summed E-state index contributed by atoms with van der Waals surface area (Å²) in [5.74, 6) is -0.992. The number of benzene rings is 3. The molecule has 33 heavy (non-hydrogen) atoms. The Kier molecular flexibility index (Phi) is 6.20. The van der Waals surface area contributed by atoms with Crippen molar-refractivity contribution < 1.29 is 22.7 Å². The number of ether oxygens (including phenoxy) is 1. The summed E-state index contributed by atoms with van der Waals surface area (Å²) in [5.41, 5.74) is 2.61. The fourth-order valence-corrected chi connectivity index (χ4v) is 5.12. The first-order valence-corrected chi connectivity index (χ1v) is 11.9. The average molecular weight is 465 g/mol. The van der Waals surface area contributed by atoms with Gasteiger partial charge in [0.15, 0.2) is 6.61 Å². The maximum atomic E-state index is 12.9. The van der Waals surface area contributed by atoms with E-state index in [1.807, 2.05) is 31.2 Å². The summed E-state index contributed by atoms with van der Waals surface area (Å²) in [6.07, 6.45) is 0.753. The molecule has 170 valence electrons. The van der Waals surface area contributed by atoms with Gasteiger partial charge in [0, 0.05) is 18.8 Å². The summed E-state index contributed by atoms with van der Waals surface area (Å²) >= 11 is 0. The number of hydrogen-bond acceptors (Lipinski definition) is 5. The fourth-order valence-electron chi connectivity index (χ4n) is 3.92. The SMILES string of the molecule is C[C@@H]1Cc2ccccc2N1C(=O)COC(=O)c1ccc(S(=O)(=O)N(C)c2ccccc2)cc1. The molecule has 0 unspecified atom stereocenters. The van der Waals surface area contributed by atoms with Gasteiger partial charge < -0.3 is 9.64 Å². The molecular weight excluding hydrogens is 440 g/mol. The van der Waals surface area contributed by atoms with Crippen molar-refractivity contribution in [1.29, 1.82) is 0 Å². The highest BCUT2D eigenvalue weighted by atomic mass is 32.2. The highest BCUT2D eigenvalue weighted by Gasteiger charge is 2.31. The summed E-state index contributed by atoms with van der Waals surface area (Å²) in [5, 5.41) is 0. The third kappa shape index (κ3) is 4.47. The minimum absolute atomic E-state index is 0.0142. The minimum atomic E-state index is -3.79. The molecule has 0 aromatic heterocycles. The number of amides is 1. The first-order chi connectivity index (χ1) is 15.8. The molecule has 1 aliphatic rings. The molecule has 1 heterocycles. The van der Waals surface area contributed by atoms with Crippen LogP contribution in [0.5, 0.6) is 0 Å². The van der Waals surface area contributed by atoms with Gasteiger partial charge in [-0.15, -0.1) is 0 Å². The van der Waals surface area contributed by atoms with Gasteiger partial charge in [-0.1, -0.05) is 36.4 Å². The van der Waals surface area contributed by atoms with Gasteiger partial charge in [0.2, 0.25) is 0 Å². The van der Waals surface area contributed by atoms with E-state index in [-0.39, 0.29) is 22.4 Å². The van der Waals surface area contributed by atoms with Crippen molar-refractivity contribution in [3.8, 4) is 0 Å². The number of rotatable bonds is 6. The summed E-state index contributed by atoms with van der Waals surface area (Å²) in [7, 11) is -2.32. The van der Waals surface area contributed by atoms with Crippen LogP contribution in [0.1, 0.15) is 22.8 Å². The second-order valence-electron chi connectivity index (χ2n) is 7.85. The third-order valence-electron chi connectivity index (χ3n) is 5.67. The number of nitrogens with zero attached hydrogens (tertiary/aromatic N) is 2. The van der Waals surface area contributed by atoms with Crippen LogP contribution in [-0.4, -0.2) is 40.0 Å². The molecule has 0 radical (unpaired) electrons. The largest absolute Gasteiger partial charge is 0.452 e. The van der Waals surface area contributed by atoms with E-state index in [2.05, 4.69) is 0 Å². The highest BCUT2D eigenvalue weighted by molar-refractivity contribution is 7.92. The summed E-state index contributed by atoms with van der Waals surface area (Å²) in [6, 6.07) is 21.8. The van der Waals surface area contributed by atoms with E-state index >= 15 is 0 Å². The first-order valence-electron chi connectivity index (χ1n) is 10.5. The molecule has 8 heteroatoms. The van der Waals surface area contributed by atoms with Crippen LogP contribution in [0.3, 0.4) is 0 Å². The van der Waals surface area contributed by atoms with Gasteiger partial charge in [0.05, 0.1) is 16.1 Å². The van der Waals surface area contributed by atoms with Crippen molar-refractivity contribution >= 4 is 33.3 Å². The molecule has 7 nitrogen and oxygen atoms in total. The predicted octanol–water partition coefficient (Wildman–Crippen LogP) is 3.65. The first kappa shape index (κ1) is 22.5. The van der Waals surface area contributed by atoms with Crippen molar-refractivity contribution in [3.05, 3.63) is 90.0 Å². The normalized spacial score (nSPS) is 15.1. The van der Waals surface area contributed by atoms with Gasteiger partial charge >= 0.3 is 5.97 Å². The Morgan fingerprint density at radius 1 is 0.970 bits per heavy atom. The van der Waals surface area contributed by atoms with Crippen molar-refractivity contribution in [2.75, 3.05) is 22.9 Å². The Balaban J connectivity index is 1.41. The molecule has 1 amide bonds. The fraction of sp³-hybridized carbons (Fsp3) is 0.200. The number of fused-ring (bicyclic) bond motifs is 1. The van der Waals surface area contributed by atoms with Gasteiger partial charge in [0.25, 0.3) is 15.9 Å². The molecule has 4 rings (SSSR count). The molecule has 0 spiro atoms. The van der Waals surface area contributed by atoms with E-state index in [0.717, 1.165) is 17.7 Å². The third-order valence-corrected chi connectivity index (χ3v) is 7.47. The molecule has 1 aliphatic heterocycles. The lowest BCUT2D eigenvalue weighted by Crippen LogP contribution is -2.38. The lowest BCUT2D eigenvalue weighted by molar-refractivity contribution is -0.122. The van der Waals surface area contributed by atoms with E-state index in [1.165, 1.54) is 35.6 Å². The zero-order chi connectivity index (χ0) is 23.6. The summed E-state index contributed by atoms with van der Waals surface area (Å²) < 4.78 is 32.1. The van der Waals surface area contributed by atoms with Gasteiger partial charge in [-0.05, 0) is 61.4 Å². The van der Waals surface area contributed by atoms with Crippen LogP contribution < -0.4 is 9.21 Å². The second kappa shape index (κ2) is 9.07. The van der Waals surface area contributed by atoms with Crippen LogP contribution in [0.25, 0.3) is 0 Å². The smallest absolute Gasteiger partial charge is 0.338 e. The molecule has 0 bridgehead atoms. The van der Waals surface area contributed by atoms with E-state index in [0.29, 0.717) is 5.69 Å². The van der Waals surface area contributed by atoms with E-state index in [9.17, 15) is 18.0 Å². The molecular formula is C25H24N2O5S.